The molecule has 0 bridgehead atoms. The molecule has 0 amide bonds. The first-order valence-corrected chi connectivity index (χ1v) is 15.7. The average Bonchev–Trinajstić information content (AvgIpc) is 3.19. The third-order valence-corrected chi connectivity index (χ3v) is 8.63. The Balaban J connectivity index is 1.61. The van der Waals surface area contributed by atoms with Crippen LogP contribution in [0.3, 0.4) is 0 Å². The second kappa shape index (κ2) is 19.5. The largest absolute Gasteiger partial charge is 0.144 e. The molecule has 1 heteroatoms. The van der Waals surface area contributed by atoms with Crippen molar-refractivity contribution in [3.05, 3.63) is 34.0 Å². The molecule has 0 N–H and O–H groups in total. The summed E-state index contributed by atoms with van der Waals surface area (Å²) in [5, 5.41) is 3.11. The Morgan fingerprint density at radius 2 is 0.727 bits per heavy atom. The zero-order valence-electron chi connectivity index (χ0n) is 22.3. The van der Waals surface area contributed by atoms with E-state index in [1.165, 1.54) is 141 Å². The maximum Gasteiger partial charge on any atom is 0.0127 e. The molecule has 188 valence electrons. The molecule has 0 aliphatic rings. The number of hydrogen-bond donors (Lipinski definition) is 0. The summed E-state index contributed by atoms with van der Waals surface area (Å²) in [5.41, 5.74) is 0. The van der Waals surface area contributed by atoms with Gasteiger partial charge in [-0.15, -0.1) is 11.3 Å². The van der Waals surface area contributed by atoms with Crippen LogP contribution in [0.25, 0.3) is 10.8 Å². The van der Waals surface area contributed by atoms with Crippen molar-refractivity contribution in [2.24, 2.45) is 0 Å². The first-order chi connectivity index (χ1) is 16.4. The molecule has 0 fully saturated rings. The smallest absolute Gasteiger partial charge is 0.0127 e. The normalized spacial score (nSPS) is 11.6. The van der Waals surface area contributed by atoms with Gasteiger partial charge in [-0.2, -0.15) is 0 Å². The van der Waals surface area contributed by atoms with Crippen molar-refractivity contribution in [3.63, 3.8) is 0 Å². The third-order valence-electron chi connectivity index (χ3n) is 7.29. The van der Waals surface area contributed by atoms with Gasteiger partial charge in [0.1, 0.15) is 0 Å². The standard InChI is InChI=1S/C32H54S/c1-3-5-7-9-11-13-15-17-19-21-27-31-29-25-23-24-26-30(29)32(33-31)28-22-20-18-16-14-12-10-8-6-4-2/h23-26H,3-22,27-28H2,1-2H3. The van der Waals surface area contributed by atoms with Crippen LogP contribution >= 0.6 is 11.3 Å². The van der Waals surface area contributed by atoms with Crippen molar-refractivity contribution in [2.75, 3.05) is 0 Å². The Morgan fingerprint density at radius 1 is 0.424 bits per heavy atom. The Labute approximate surface area is 211 Å². The van der Waals surface area contributed by atoms with Gasteiger partial charge in [-0.1, -0.05) is 154 Å². The molecule has 2 aromatic rings. The lowest BCUT2D eigenvalue weighted by molar-refractivity contribution is 0.557. The summed E-state index contributed by atoms with van der Waals surface area (Å²) in [6.45, 7) is 4.61. The van der Waals surface area contributed by atoms with E-state index < -0.39 is 0 Å². The molecule has 2 rings (SSSR count). The van der Waals surface area contributed by atoms with Gasteiger partial charge in [0, 0.05) is 9.75 Å². The molecule has 0 saturated heterocycles. The van der Waals surface area contributed by atoms with Crippen LogP contribution in [-0.4, -0.2) is 0 Å². The van der Waals surface area contributed by atoms with Gasteiger partial charge in [-0.25, -0.2) is 0 Å². The summed E-state index contributed by atoms with van der Waals surface area (Å²) in [6.07, 6.45) is 31.1. The van der Waals surface area contributed by atoms with E-state index in [4.69, 9.17) is 0 Å². The fourth-order valence-corrected chi connectivity index (χ4v) is 6.51. The second-order valence-corrected chi connectivity index (χ2v) is 11.5. The third kappa shape index (κ3) is 12.4. The highest BCUT2D eigenvalue weighted by atomic mass is 32.1. The molecule has 33 heavy (non-hydrogen) atoms. The van der Waals surface area contributed by atoms with Gasteiger partial charge >= 0.3 is 0 Å². The Bertz CT molecular complexity index is 640. The van der Waals surface area contributed by atoms with Crippen molar-refractivity contribution >= 4 is 22.1 Å². The van der Waals surface area contributed by atoms with Crippen molar-refractivity contribution < 1.29 is 0 Å². The number of fused-ring (bicyclic) bond motifs is 1. The minimum absolute atomic E-state index is 1.29. The minimum atomic E-state index is 1.29. The van der Waals surface area contributed by atoms with Crippen LogP contribution in [0.2, 0.25) is 0 Å². The number of thiophene rings is 1. The van der Waals surface area contributed by atoms with Gasteiger partial charge in [-0.3, -0.25) is 0 Å². The van der Waals surface area contributed by atoms with Crippen LogP contribution in [0, 0.1) is 0 Å². The van der Waals surface area contributed by atoms with Gasteiger partial charge in [0.15, 0.2) is 0 Å². The number of benzene rings is 1. The fraction of sp³-hybridized carbons (Fsp3) is 0.750. The summed E-state index contributed by atoms with van der Waals surface area (Å²) in [5.74, 6) is 0. The van der Waals surface area contributed by atoms with Gasteiger partial charge in [0.05, 0.1) is 0 Å². The average molecular weight is 471 g/mol. The maximum atomic E-state index is 2.37. The number of hydrogen-bond acceptors (Lipinski definition) is 1. The summed E-state index contributed by atoms with van der Waals surface area (Å²) in [6, 6.07) is 9.22. The quantitative estimate of drug-likeness (QED) is 0.150. The van der Waals surface area contributed by atoms with Crippen LogP contribution in [0.4, 0.5) is 0 Å². The van der Waals surface area contributed by atoms with E-state index in [9.17, 15) is 0 Å². The highest BCUT2D eigenvalue weighted by Gasteiger charge is 2.10. The summed E-state index contributed by atoms with van der Waals surface area (Å²) in [4.78, 5) is 3.32. The predicted octanol–water partition coefficient (Wildman–Crippen LogP) is 11.8. The summed E-state index contributed by atoms with van der Waals surface area (Å²) >= 11 is 2.13. The number of aryl methyl sites for hydroxylation is 2. The summed E-state index contributed by atoms with van der Waals surface area (Å²) < 4.78 is 0. The van der Waals surface area contributed by atoms with Crippen LogP contribution in [0.1, 0.15) is 152 Å². The van der Waals surface area contributed by atoms with Gasteiger partial charge in [0.2, 0.25) is 0 Å². The predicted molar refractivity (Wildman–Crippen MR) is 153 cm³/mol. The van der Waals surface area contributed by atoms with E-state index >= 15 is 0 Å². The van der Waals surface area contributed by atoms with E-state index in [0.717, 1.165) is 0 Å². The van der Waals surface area contributed by atoms with Crippen molar-refractivity contribution in [2.45, 2.75) is 155 Å². The van der Waals surface area contributed by atoms with Crippen molar-refractivity contribution in [1.82, 2.24) is 0 Å². The molecule has 0 spiro atoms. The topological polar surface area (TPSA) is 0 Å². The van der Waals surface area contributed by atoms with Crippen LogP contribution in [0.15, 0.2) is 24.3 Å². The molecule has 0 unspecified atom stereocenters. The van der Waals surface area contributed by atoms with Crippen LogP contribution in [-0.2, 0) is 12.8 Å². The molecule has 1 aromatic carbocycles. The van der Waals surface area contributed by atoms with Gasteiger partial charge < -0.3 is 0 Å². The zero-order valence-corrected chi connectivity index (χ0v) is 23.1. The molecule has 1 heterocycles. The lowest BCUT2D eigenvalue weighted by Gasteiger charge is -2.02. The summed E-state index contributed by atoms with van der Waals surface area (Å²) in [7, 11) is 0. The Morgan fingerprint density at radius 3 is 1.06 bits per heavy atom. The molecule has 0 radical (unpaired) electrons. The number of unbranched alkanes of at least 4 members (excludes halogenated alkanes) is 18. The van der Waals surface area contributed by atoms with Crippen LogP contribution < -0.4 is 0 Å². The first-order valence-electron chi connectivity index (χ1n) is 14.9. The molecule has 0 aliphatic heterocycles. The van der Waals surface area contributed by atoms with E-state index in [0.29, 0.717) is 0 Å². The molecule has 0 nitrogen and oxygen atoms in total. The maximum absolute atomic E-state index is 2.37. The first kappa shape index (κ1) is 28.4. The highest BCUT2D eigenvalue weighted by molar-refractivity contribution is 7.13. The Kier molecular flexibility index (Phi) is 16.8. The van der Waals surface area contributed by atoms with Crippen molar-refractivity contribution in [3.8, 4) is 0 Å². The van der Waals surface area contributed by atoms with Gasteiger partial charge in [-0.05, 0) is 36.5 Å². The second-order valence-electron chi connectivity index (χ2n) is 10.4. The monoisotopic (exact) mass is 470 g/mol. The van der Waals surface area contributed by atoms with Crippen LogP contribution in [0.5, 0.6) is 0 Å². The molecule has 0 atom stereocenters. The molecular weight excluding hydrogens is 416 g/mol. The number of rotatable bonds is 22. The van der Waals surface area contributed by atoms with Gasteiger partial charge in [0.25, 0.3) is 0 Å². The lowest BCUT2D eigenvalue weighted by atomic mass is 10.0. The van der Waals surface area contributed by atoms with Crippen molar-refractivity contribution in [1.29, 1.82) is 0 Å². The fourth-order valence-electron chi connectivity index (χ4n) is 5.15. The van der Waals surface area contributed by atoms with E-state index in [2.05, 4.69) is 49.4 Å². The Hall–Kier alpha value is -0.820. The van der Waals surface area contributed by atoms with E-state index in [-0.39, 0.29) is 0 Å². The molecule has 0 saturated carbocycles. The highest BCUT2D eigenvalue weighted by Crippen LogP contribution is 2.34. The van der Waals surface area contributed by atoms with E-state index in [1.54, 1.807) is 20.5 Å². The molecular formula is C32H54S. The zero-order chi connectivity index (χ0) is 23.4. The minimum Gasteiger partial charge on any atom is -0.144 e. The SMILES string of the molecule is CCCCCCCCCCCCc1sc(CCCCCCCCCCCC)c2ccccc12. The molecule has 0 aliphatic carbocycles. The van der Waals surface area contributed by atoms with E-state index in [1.807, 2.05) is 0 Å². The molecule has 1 aromatic heterocycles. The lowest BCUT2D eigenvalue weighted by Crippen LogP contribution is -1.85.